The third-order valence-electron chi connectivity index (χ3n) is 1.94. The first-order valence-electron chi connectivity index (χ1n) is 4.05. The van der Waals surface area contributed by atoms with E-state index in [1.807, 2.05) is 0 Å². The van der Waals surface area contributed by atoms with Crippen LogP contribution in [0.25, 0.3) is 0 Å². The Labute approximate surface area is 95.6 Å². The van der Waals surface area contributed by atoms with Gasteiger partial charge in [-0.25, -0.2) is 0 Å². The summed E-state index contributed by atoms with van der Waals surface area (Å²) in [6, 6.07) is 2.46. The largest absolute Gasteiger partial charge is 0.506 e. The summed E-state index contributed by atoms with van der Waals surface area (Å²) in [5, 5.41) is 19.4. The van der Waals surface area contributed by atoms with Gasteiger partial charge in [-0.15, -0.1) is 0 Å². The summed E-state index contributed by atoms with van der Waals surface area (Å²) in [6.07, 6.45) is -0.744. The summed E-state index contributed by atoms with van der Waals surface area (Å²) in [5.74, 6) is 0.0165. The summed E-state index contributed by atoms with van der Waals surface area (Å²) >= 11 is 8.94. The van der Waals surface area contributed by atoms with E-state index in [2.05, 4.69) is 15.9 Å². The van der Waals surface area contributed by atoms with Gasteiger partial charge in [0.15, 0.2) is 0 Å². The molecule has 0 aliphatic carbocycles. The van der Waals surface area contributed by atoms with Gasteiger partial charge in [0.1, 0.15) is 5.75 Å². The second-order valence-corrected chi connectivity index (χ2v) is 4.38. The molecule has 2 atom stereocenters. The zero-order valence-corrected chi connectivity index (χ0v) is 9.88. The fourth-order valence-electron chi connectivity index (χ4n) is 1.10. The van der Waals surface area contributed by atoms with Gasteiger partial charge in [0, 0.05) is 10.6 Å². The quantitative estimate of drug-likeness (QED) is 0.778. The maximum absolute atomic E-state index is 9.64. The molecule has 0 aromatic heterocycles. The lowest BCUT2D eigenvalue weighted by molar-refractivity contribution is 0.163. The van der Waals surface area contributed by atoms with Crippen molar-refractivity contribution in [3.63, 3.8) is 0 Å². The summed E-state index contributed by atoms with van der Waals surface area (Å²) < 4.78 is 0.469. The highest BCUT2D eigenvalue weighted by Crippen LogP contribution is 2.35. The molecule has 0 aliphatic heterocycles. The number of aromatic hydroxyl groups is 1. The molecule has 0 saturated carbocycles. The van der Waals surface area contributed by atoms with E-state index in [0.717, 1.165) is 0 Å². The summed E-state index contributed by atoms with van der Waals surface area (Å²) in [7, 11) is 0. The van der Waals surface area contributed by atoms with Crippen LogP contribution in [0.15, 0.2) is 16.6 Å². The maximum atomic E-state index is 9.64. The van der Waals surface area contributed by atoms with Crippen LogP contribution in [0.5, 0.6) is 5.75 Å². The van der Waals surface area contributed by atoms with Crippen LogP contribution >= 0.6 is 27.5 Å². The molecule has 1 aromatic carbocycles. The molecule has 3 nitrogen and oxygen atoms in total. The van der Waals surface area contributed by atoms with E-state index < -0.39 is 12.1 Å². The number of aliphatic hydroxyl groups excluding tert-OH is 1. The molecule has 0 heterocycles. The molecular weight excluding hydrogens is 269 g/mol. The highest BCUT2D eigenvalue weighted by molar-refractivity contribution is 9.10. The molecule has 0 bridgehead atoms. The van der Waals surface area contributed by atoms with Crippen LogP contribution in [-0.2, 0) is 0 Å². The molecule has 0 aliphatic rings. The van der Waals surface area contributed by atoms with E-state index >= 15 is 0 Å². The molecule has 0 fully saturated rings. The van der Waals surface area contributed by atoms with Crippen molar-refractivity contribution in [2.24, 2.45) is 5.73 Å². The number of hydrogen-bond donors (Lipinski definition) is 3. The lowest BCUT2D eigenvalue weighted by Crippen LogP contribution is -2.23. The van der Waals surface area contributed by atoms with E-state index in [-0.39, 0.29) is 5.75 Å². The number of phenolic OH excluding ortho intramolecular Hbond substituents is 1. The molecule has 1 aromatic rings. The number of rotatable bonds is 2. The number of phenols is 1. The first-order valence-corrected chi connectivity index (χ1v) is 5.22. The topological polar surface area (TPSA) is 66.5 Å². The minimum absolute atomic E-state index is 0.0165. The normalized spacial score (nSPS) is 15.2. The maximum Gasteiger partial charge on any atom is 0.134 e. The van der Waals surface area contributed by atoms with Gasteiger partial charge >= 0.3 is 0 Å². The Hall–Kier alpha value is -0.290. The number of halogens is 2. The number of nitrogens with two attached hydrogens (primary N) is 1. The van der Waals surface area contributed by atoms with Crippen molar-refractivity contribution in [1.29, 1.82) is 0 Å². The smallest absolute Gasteiger partial charge is 0.134 e. The van der Waals surface area contributed by atoms with Crippen molar-refractivity contribution >= 4 is 27.5 Å². The van der Waals surface area contributed by atoms with Crippen LogP contribution < -0.4 is 5.73 Å². The van der Waals surface area contributed by atoms with E-state index in [9.17, 15) is 10.2 Å². The third kappa shape index (κ3) is 2.39. The number of benzene rings is 1. The van der Waals surface area contributed by atoms with E-state index in [1.54, 1.807) is 19.1 Å². The Balaban J connectivity index is 3.20. The SMILES string of the molecule is C[C@@H](O)[C@H](N)c1cc(Cl)cc(Br)c1O. The van der Waals surface area contributed by atoms with Crippen LogP contribution in [0.2, 0.25) is 5.02 Å². The van der Waals surface area contributed by atoms with Crippen molar-refractivity contribution in [2.45, 2.75) is 19.1 Å². The average molecular weight is 281 g/mol. The Kier molecular flexibility index (Phi) is 3.78. The van der Waals surface area contributed by atoms with Crippen molar-refractivity contribution in [1.82, 2.24) is 0 Å². The fraction of sp³-hybridized carbons (Fsp3) is 0.333. The second-order valence-electron chi connectivity index (χ2n) is 3.09. The van der Waals surface area contributed by atoms with Gasteiger partial charge in [-0.05, 0) is 35.0 Å². The van der Waals surface area contributed by atoms with Crippen molar-refractivity contribution in [3.8, 4) is 5.75 Å². The molecule has 5 heteroatoms. The Bertz CT molecular complexity index is 344. The lowest BCUT2D eigenvalue weighted by atomic mass is 10.0. The van der Waals surface area contributed by atoms with E-state index in [1.165, 1.54) is 0 Å². The van der Waals surface area contributed by atoms with Crippen molar-refractivity contribution in [2.75, 3.05) is 0 Å². The molecule has 4 N–H and O–H groups in total. The molecule has 14 heavy (non-hydrogen) atoms. The number of aliphatic hydroxyl groups is 1. The molecule has 78 valence electrons. The van der Waals surface area contributed by atoms with Gasteiger partial charge in [0.2, 0.25) is 0 Å². The monoisotopic (exact) mass is 279 g/mol. The minimum Gasteiger partial charge on any atom is -0.506 e. The van der Waals surface area contributed by atoms with Crippen LogP contribution in [0.4, 0.5) is 0 Å². The zero-order chi connectivity index (χ0) is 10.9. The van der Waals surface area contributed by atoms with Gasteiger partial charge in [-0.1, -0.05) is 11.6 Å². The van der Waals surface area contributed by atoms with Gasteiger partial charge < -0.3 is 15.9 Å². The highest BCUT2D eigenvalue weighted by atomic mass is 79.9. The average Bonchev–Trinajstić information content (AvgIpc) is 2.09. The van der Waals surface area contributed by atoms with Crippen molar-refractivity contribution < 1.29 is 10.2 Å². The Morgan fingerprint density at radius 2 is 2.07 bits per heavy atom. The zero-order valence-electron chi connectivity index (χ0n) is 7.54. The van der Waals surface area contributed by atoms with Gasteiger partial charge in [-0.3, -0.25) is 0 Å². The van der Waals surface area contributed by atoms with Crippen LogP contribution in [0, 0.1) is 0 Å². The van der Waals surface area contributed by atoms with Crippen molar-refractivity contribution in [3.05, 3.63) is 27.2 Å². The minimum atomic E-state index is -0.744. The molecule has 0 saturated heterocycles. The highest BCUT2D eigenvalue weighted by Gasteiger charge is 2.18. The Morgan fingerprint density at radius 3 is 2.57 bits per heavy atom. The molecule has 0 amide bonds. The molecule has 0 unspecified atom stereocenters. The lowest BCUT2D eigenvalue weighted by Gasteiger charge is -2.17. The van der Waals surface area contributed by atoms with Gasteiger partial charge in [0.25, 0.3) is 0 Å². The van der Waals surface area contributed by atoms with Crippen LogP contribution in [0.3, 0.4) is 0 Å². The molecular formula is C9H11BrClNO2. The van der Waals surface area contributed by atoms with Gasteiger partial charge in [0.05, 0.1) is 16.6 Å². The van der Waals surface area contributed by atoms with Gasteiger partial charge in [-0.2, -0.15) is 0 Å². The summed E-state index contributed by atoms with van der Waals surface area (Å²) in [5.41, 5.74) is 6.12. The Morgan fingerprint density at radius 1 is 1.50 bits per heavy atom. The van der Waals surface area contributed by atoms with E-state index in [0.29, 0.717) is 15.1 Å². The molecule has 1 rings (SSSR count). The fourth-order valence-corrected chi connectivity index (χ4v) is 1.93. The first-order chi connectivity index (χ1) is 6.43. The number of hydrogen-bond acceptors (Lipinski definition) is 3. The standard InChI is InChI=1S/C9H11BrClNO2/c1-4(13)8(12)6-2-5(11)3-7(10)9(6)14/h2-4,8,13-14H,12H2,1H3/t4-,8+/m1/s1. The van der Waals surface area contributed by atoms with E-state index in [4.69, 9.17) is 17.3 Å². The predicted octanol–water partition coefficient (Wildman–Crippen LogP) is 2.19. The molecule has 0 spiro atoms. The summed E-state index contributed by atoms with van der Waals surface area (Å²) in [4.78, 5) is 0. The predicted molar refractivity (Wildman–Crippen MR) is 59.4 cm³/mol. The molecule has 0 radical (unpaired) electrons. The third-order valence-corrected chi connectivity index (χ3v) is 2.76. The summed E-state index contributed by atoms with van der Waals surface area (Å²) in [6.45, 7) is 1.55. The first kappa shape index (κ1) is 11.8. The van der Waals surface area contributed by atoms with Crippen LogP contribution in [0.1, 0.15) is 18.5 Å². The second kappa shape index (κ2) is 4.49. The van der Waals surface area contributed by atoms with Crippen LogP contribution in [-0.4, -0.2) is 16.3 Å².